The van der Waals surface area contributed by atoms with Gasteiger partial charge in [0.2, 0.25) is 0 Å². The van der Waals surface area contributed by atoms with Crippen LogP contribution >= 0.6 is 0 Å². The summed E-state index contributed by atoms with van der Waals surface area (Å²) >= 11 is 0. The number of rotatable bonds is 3. The summed E-state index contributed by atoms with van der Waals surface area (Å²) in [5, 5.41) is 10.1. The van der Waals surface area contributed by atoms with Gasteiger partial charge in [0.05, 0.1) is 18.9 Å². The van der Waals surface area contributed by atoms with Crippen LogP contribution in [0.1, 0.15) is 10.4 Å². The van der Waals surface area contributed by atoms with Crippen LogP contribution in [0.4, 0.5) is 0 Å². The molecule has 3 aromatic rings. The van der Waals surface area contributed by atoms with E-state index in [9.17, 15) is 9.90 Å². The lowest BCUT2D eigenvalue weighted by Gasteiger charge is -2.06. The molecule has 0 saturated carbocycles. The van der Waals surface area contributed by atoms with Gasteiger partial charge in [-0.1, -0.05) is 12.1 Å². The fourth-order valence-electron chi connectivity index (χ4n) is 2.20. The van der Waals surface area contributed by atoms with Crippen molar-refractivity contribution in [3.05, 3.63) is 54.3 Å². The van der Waals surface area contributed by atoms with Crippen molar-refractivity contribution in [2.24, 2.45) is 0 Å². The second-order valence-electron chi connectivity index (χ2n) is 4.39. The minimum absolute atomic E-state index is 0.207. The zero-order valence-corrected chi connectivity index (χ0v) is 10.8. The van der Waals surface area contributed by atoms with Crippen molar-refractivity contribution in [1.82, 2.24) is 0 Å². The Hall–Kier alpha value is -2.75. The molecule has 1 aromatic heterocycles. The second kappa shape index (κ2) is 4.74. The van der Waals surface area contributed by atoms with Gasteiger partial charge < -0.3 is 14.3 Å². The predicted octanol–water partition coefficient (Wildman–Crippen LogP) is 3.81. The van der Waals surface area contributed by atoms with Gasteiger partial charge in [-0.3, -0.25) is 0 Å². The minimum Gasteiger partial charge on any atom is -0.497 e. The Labute approximate surface area is 115 Å². The molecule has 0 atom stereocenters. The predicted molar refractivity (Wildman–Crippen MR) is 75.2 cm³/mol. The van der Waals surface area contributed by atoms with E-state index in [0.29, 0.717) is 5.58 Å². The zero-order valence-electron chi connectivity index (χ0n) is 10.8. The molecule has 0 aliphatic carbocycles. The Morgan fingerprint density at radius 2 is 1.90 bits per heavy atom. The van der Waals surface area contributed by atoms with E-state index in [4.69, 9.17) is 9.15 Å². The first-order chi connectivity index (χ1) is 9.69. The summed E-state index contributed by atoms with van der Waals surface area (Å²) in [7, 11) is 1.61. The molecule has 1 N–H and O–H groups in total. The van der Waals surface area contributed by atoms with Crippen molar-refractivity contribution in [3.8, 4) is 16.9 Å². The first kappa shape index (κ1) is 12.3. The molecule has 0 aliphatic heterocycles. The Balaban J connectivity index is 2.22. The lowest BCUT2D eigenvalue weighted by Crippen LogP contribution is -1.96. The number of hydrogen-bond acceptors (Lipinski definition) is 3. The molecule has 1 heterocycles. The summed E-state index contributed by atoms with van der Waals surface area (Å²) in [6.07, 6.45) is 1.56. The van der Waals surface area contributed by atoms with E-state index in [0.717, 1.165) is 22.3 Å². The lowest BCUT2D eigenvalue weighted by molar-refractivity contribution is 0.0697. The number of carbonyl (C=O) groups is 1. The Kier molecular flexibility index (Phi) is 2.91. The van der Waals surface area contributed by atoms with Crippen LogP contribution < -0.4 is 4.74 Å². The average molecular weight is 268 g/mol. The molecule has 0 spiro atoms. The molecule has 0 bridgehead atoms. The van der Waals surface area contributed by atoms with Crippen LogP contribution in [0.5, 0.6) is 5.75 Å². The third kappa shape index (κ3) is 2.01. The van der Waals surface area contributed by atoms with Crippen LogP contribution in [0.15, 0.2) is 53.1 Å². The number of benzene rings is 2. The minimum atomic E-state index is -0.974. The van der Waals surface area contributed by atoms with E-state index in [1.165, 1.54) is 6.07 Å². The number of methoxy groups -OCH3 is 1. The summed E-state index contributed by atoms with van der Waals surface area (Å²) < 4.78 is 10.5. The highest BCUT2D eigenvalue weighted by atomic mass is 16.5. The number of furan rings is 1. The van der Waals surface area contributed by atoms with Crippen LogP contribution in [0.25, 0.3) is 22.1 Å². The molecule has 0 radical (unpaired) electrons. The van der Waals surface area contributed by atoms with E-state index in [2.05, 4.69) is 0 Å². The maximum Gasteiger partial charge on any atom is 0.335 e. The molecule has 4 nitrogen and oxygen atoms in total. The number of aromatic carboxylic acids is 1. The smallest absolute Gasteiger partial charge is 0.335 e. The fraction of sp³-hybridized carbons (Fsp3) is 0.0625. The van der Waals surface area contributed by atoms with Gasteiger partial charge in [0, 0.05) is 5.39 Å². The molecule has 3 rings (SSSR count). The normalized spacial score (nSPS) is 10.7. The monoisotopic (exact) mass is 268 g/mol. The summed E-state index contributed by atoms with van der Waals surface area (Å²) in [6, 6.07) is 12.5. The van der Waals surface area contributed by atoms with E-state index in [-0.39, 0.29) is 5.56 Å². The van der Waals surface area contributed by atoms with Gasteiger partial charge in [0.25, 0.3) is 0 Å². The van der Waals surface area contributed by atoms with Crippen molar-refractivity contribution in [3.63, 3.8) is 0 Å². The molecule has 4 heteroatoms. The first-order valence-electron chi connectivity index (χ1n) is 6.08. The molecule has 20 heavy (non-hydrogen) atoms. The molecule has 2 aromatic carbocycles. The fourth-order valence-corrected chi connectivity index (χ4v) is 2.20. The summed E-state index contributed by atoms with van der Waals surface area (Å²) in [5.74, 6) is -0.218. The molecular weight excluding hydrogens is 256 g/mol. The van der Waals surface area contributed by atoms with Gasteiger partial charge in [-0.05, 0) is 41.5 Å². The van der Waals surface area contributed by atoms with Crippen LogP contribution in [0, 0.1) is 0 Å². The van der Waals surface area contributed by atoms with Crippen molar-refractivity contribution in [1.29, 1.82) is 0 Å². The number of fused-ring (bicyclic) bond motifs is 1. The van der Waals surface area contributed by atoms with Crippen LogP contribution in [0.3, 0.4) is 0 Å². The van der Waals surface area contributed by atoms with E-state index >= 15 is 0 Å². The van der Waals surface area contributed by atoms with Crippen LogP contribution in [-0.2, 0) is 0 Å². The molecule has 0 saturated heterocycles. The topological polar surface area (TPSA) is 59.7 Å². The standard InChI is InChI=1S/C16H12O4/c1-19-12-4-2-10(3-5-12)14-8-11(16(17)18)9-15-13(14)6-7-20-15/h2-9H,1H3,(H,17,18). The van der Waals surface area contributed by atoms with Gasteiger partial charge in [-0.25, -0.2) is 4.79 Å². The molecule has 0 amide bonds. The number of carboxylic acids is 1. The third-order valence-corrected chi connectivity index (χ3v) is 3.22. The SMILES string of the molecule is COc1ccc(-c2cc(C(=O)O)cc3occc23)cc1. The molecule has 0 unspecified atom stereocenters. The average Bonchev–Trinajstić information content (AvgIpc) is 2.94. The highest BCUT2D eigenvalue weighted by Gasteiger charge is 2.12. The number of hydrogen-bond donors (Lipinski definition) is 1. The second-order valence-corrected chi connectivity index (χ2v) is 4.39. The summed E-state index contributed by atoms with van der Waals surface area (Å²) in [4.78, 5) is 11.2. The maximum atomic E-state index is 11.2. The molecule has 100 valence electrons. The van der Waals surface area contributed by atoms with Gasteiger partial charge in [-0.15, -0.1) is 0 Å². The number of ether oxygens (including phenoxy) is 1. The number of carboxylic acid groups (broad SMARTS) is 1. The van der Waals surface area contributed by atoms with Gasteiger partial charge >= 0.3 is 5.97 Å². The quantitative estimate of drug-likeness (QED) is 0.784. The largest absolute Gasteiger partial charge is 0.497 e. The summed E-state index contributed by atoms with van der Waals surface area (Å²) in [6.45, 7) is 0. The lowest BCUT2D eigenvalue weighted by atomic mass is 9.99. The first-order valence-corrected chi connectivity index (χ1v) is 6.08. The highest BCUT2D eigenvalue weighted by Crippen LogP contribution is 2.32. The van der Waals surface area contributed by atoms with Crippen LogP contribution in [0.2, 0.25) is 0 Å². The van der Waals surface area contributed by atoms with Crippen molar-refractivity contribution in [2.75, 3.05) is 7.11 Å². The van der Waals surface area contributed by atoms with E-state index in [1.54, 1.807) is 19.4 Å². The molecule has 0 aliphatic rings. The maximum absolute atomic E-state index is 11.2. The van der Waals surface area contributed by atoms with Crippen molar-refractivity contribution < 1.29 is 19.1 Å². The van der Waals surface area contributed by atoms with Gasteiger partial charge in [-0.2, -0.15) is 0 Å². The van der Waals surface area contributed by atoms with Crippen molar-refractivity contribution in [2.45, 2.75) is 0 Å². The highest BCUT2D eigenvalue weighted by molar-refractivity contribution is 6.00. The Morgan fingerprint density at radius 1 is 1.15 bits per heavy atom. The Bertz CT molecular complexity index is 769. The van der Waals surface area contributed by atoms with Gasteiger partial charge in [0.15, 0.2) is 0 Å². The molecule has 0 fully saturated rings. The van der Waals surface area contributed by atoms with Crippen LogP contribution in [-0.4, -0.2) is 18.2 Å². The Morgan fingerprint density at radius 3 is 2.55 bits per heavy atom. The molecular formula is C16H12O4. The third-order valence-electron chi connectivity index (χ3n) is 3.22. The summed E-state index contributed by atoms with van der Waals surface area (Å²) in [5.41, 5.74) is 2.52. The van der Waals surface area contributed by atoms with Gasteiger partial charge in [0.1, 0.15) is 11.3 Å². The zero-order chi connectivity index (χ0) is 14.1. The van der Waals surface area contributed by atoms with E-state index in [1.807, 2.05) is 30.3 Å². The van der Waals surface area contributed by atoms with E-state index < -0.39 is 5.97 Å². The van der Waals surface area contributed by atoms with Crippen molar-refractivity contribution >= 4 is 16.9 Å².